The maximum atomic E-state index is 12.6. The van der Waals surface area contributed by atoms with E-state index in [0.717, 1.165) is 31.2 Å². The van der Waals surface area contributed by atoms with Gasteiger partial charge in [-0.25, -0.2) is 0 Å². The van der Waals surface area contributed by atoms with Crippen molar-refractivity contribution in [2.45, 2.75) is 45.6 Å². The van der Waals surface area contributed by atoms with Gasteiger partial charge in [0.2, 0.25) is 5.91 Å². The molecule has 4 heteroatoms. The number of nitrogens with two attached hydrogens (primary N) is 1. The highest BCUT2D eigenvalue weighted by Crippen LogP contribution is 2.38. The third-order valence-corrected chi connectivity index (χ3v) is 4.66. The molecular formula is C16H25N3O. The van der Waals surface area contributed by atoms with Crippen molar-refractivity contribution < 1.29 is 4.79 Å². The van der Waals surface area contributed by atoms with E-state index in [1.54, 1.807) is 12.4 Å². The van der Waals surface area contributed by atoms with Gasteiger partial charge in [0.25, 0.3) is 0 Å². The lowest BCUT2D eigenvalue weighted by Gasteiger charge is -2.37. The van der Waals surface area contributed by atoms with Gasteiger partial charge in [-0.2, -0.15) is 0 Å². The molecule has 1 fully saturated rings. The first-order chi connectivity index (χ1) is 9.57. The Hall–Kier alpha value is -1.42. The maximum Gasteiger partial charge on any atom is 0.227 e. The summed E-state index contributed by atoms with van der Waals surface area (Å²) in [6.07, 6.45) is 7.49. The van der Waals surface area contributed by atoms with Crippen molar-refractivity contribution >= 4 is 5.91 Å². The molecule has 0 aromatic carbocycles. The van der Waals surface area contributed by atoms with E-state index in [-0.39, 0.29) is 17.4 Å². The molecule has 1 saturated carbocycles. The molecule has 110 valence electrons. The van der Waals surface area contributed by atoms with Gasteiger partial charge in [-0.15, -0.1) is 0 Å². The highest BCUT2D eigenvalue weighted by atomic mass is 16.2. The largest absolute Gasteiger partial charge is 0.349 e. The Kier molecular flexibility index (Phi) is 4.76. The second-order valence-corrected chi connectivity index (χ2v) is 6.14. The Morgan fingerprint density at radius 2 is 2.05 bits per heavy atom. The van der Waals surface area contributed by atoms with E-state index in [9.17, 15) is 4.79 Å². The second kappa shape index (κ2) is 6.35. The molecular weight excluding hydrogens is 250 g/mol. The maximum absolute atomic E-state index is 12.6. The molecule has 1 aliphatic rings. The van der Waals surface area contributed by atoms with Crippen molar-refractivity contribution in [3.05, 3.63) is 30.1 Å². The van der Waals surface area contributed by atoms with Gasteiger partial charge in [0, 0.05) is 18.9 Å². The van der Waals surface area contributed by atoms with Crippen LogP contribution in [0.5, 0.6) is 0 Å². The summed E-state index contributed by atoms with van der Waals surface area (Å²) in [5.74, 6) is 0.816. The molecule has 1 aliphatic carbocycles. The minimum atomic E-state index is -0.367. The van der Waals surface area contributed by atoms with Gasteiger partial charge in [-0.3, -0.25) is 9.78 Å². The summed E-state index contributed by atoms with van der Waals surface area (Å²) in [6, 6.07) is 3.86. The number of hydrogen-bond donors (Lipinski definition) is 2. The van der Waals surface area contributed by atoms with Crippen molar-refractivity contribution in [1.29, 1.82) is 0 Å². The molecule has 4 nitrogen and oxygen atoms in total. The van der Waals surface area contributed by atoms with E-state index in [0.29, 0.717) is 12.5 Å². The molecule has 1 heterocycles. The number of aromatic nitrogens is 1. The summed E-state index contributed by atoms with van der Waals surface area (Å²) in [7, 11) is 0. The Balaban J connectivity index is 2.03. The molecule has 0 saturated heterocycles. The number of nitrogens with zero attached hydrogens (tertiary/aromatic N) is 1. The summed E-state index contributed by atoms with van der Waals surface area (Å²) in [5, 5.41) is 3.13. The molecule has 0 spiro atoms. The number of rotatable bonds is 4. The van der Waals surface area contributed by atoms with Gasteiger partial charge >= 0.3 is 0 Å². The number of carbonyl (C=O) groups is 1. The number of nitrogens with one attached hydrogen (secondary N) is 1. The predicted octanol–water partition coefficient (Wildman–Crippen LogP) is 2.41. The summed E-state index contributed by atoms with van der Waals surface area (Å²) >= 11 is 0. The standard InChI is InChI=1S/C16H25N3O/c1-12-3-7-16(11-17,8-4-12)15(20)19-13(2)14-5-9-18-10-6-14/h5-6,9-10,12-13H,3-4,7-8,11,17H2,1-2H3,(H,19,20)/t12?,13-,16?/m1/s1. The summed E-state index contributed by atoms with van der Waals surface area (Å²) in [6.45, 7) is 4.69. The van der Waals surface area contributed by atoms with Crippen LogP contribution in [-0.2, 0) is 4.79 Å². The fourth-order valence-corrected chi connectivity index (χ4v) is 2.92. The SMILES string of the molecule is CC1CCC(CN)(C(=O)N[C@H](C)c2ccncc2)CC1. The van der Waals surface area contributed by atoms with E-state index >= 15 is 0 Å². The first-order valence-corrected chi connectivity index (χ1v) is 7.48. The van der Waals surface area contributed by atoms with Crippen LogP contribution in [0.4, 0.5) is 0 Å². The van der Waals surface area contributed by atoms with Gasteiger partial charge in [0.1, 0.15) is 0 Å². The van der Waals surface area contributed by atoms with Crippen LogP contribution < -0.4 is 11.1 Å². The highest BCUT2D eigenvalue weighted by molar-refractivity contribution is 5.83. The molecule has 3 N–H and O–H groups in total. The van der Waals surface area contributed by atoms with Gasteiger partial charge in [0.05, 0.1) is 11.5 Å². The molecule has 1 aromatic heterocycles. The zero-order chi connectivity index (χ0) is 14.6. The molecule has 1 amide bonds. The van der Waals surface area contributed by atoms with E-state index in [1.165, 1.54) is 0 Å². The van der Waals surface area contributed by atoms with Crippen LogP contribution in [0.25, 0.3) is 0 Å². The van der Waals surface area contributed by atoms with Crippen LogP contribution >= 0.6 is 0 Å². The normalized spacial score (nSPS) is 27.9. The zero-order valence-corrected chi connectivity index (χ0v) is 12.4. The topological polar surface area (TPSA) is 68.0 Å². The van der Waals surface area contributed by atoms with Crippen molar-refractivity contribution in [2.75, 3.05) is 6.54 Å². The Labute approximate surface area is 121 Å². The molecule has 2 rings (SSSR count). The van der Waals surface area contributed by atoms with E-state index < -0.39 is 0 Å². The second-order valence-electron chi connectivity index (χ2n) is 6.14. The van der Waals surface area contributed by atoms with Crippen LogP contribution in [0, 0.1) is 11.3 Å². The fourth-order valence-electron chi connectivity index (χ4n) is 2.92. The van der Waals surface area contributed by atoms with Crippen LogP contribution in [0.2, 0.25) is 0 Å². The Morgan fingerprint density at radius 3 is 2.60 bits per heavy atom. The lowest BCUT2D eigenvalue weighted by Crippen LogP contribution is -2.48. The molecule has 0 radical (unpaired) electrons. The number of hydrogen-bond acceptors (Lipinski definition) is 3. The third-order valence-electron chi connectivity index (χ3n) is 4.66. The van der Waals surface area contributed by atoms with Crippen molar-refractivity contribution in [2.24, 2.45) is 17.1 Å². The zero-order valence-electron chi connectivity index (χ0n) is 12.4. The molecule has 20 heavy (non-hydrogen) atoms. The smallest absolute Gasteiger partial charge is 0.227 e. The van der Waals surface area contributed by atoms with Gasteiger partial charge in [0.15, 0.2) is 0 Å². The quantitative estimate of drug-likeness (QED) is 0.886. The minimum absolute atomic E-state index is 0.00623. The summed E-state index contributed by atoms with van der Waals surface area (Å²) in [4.78, 5) is 16.6. The van der Waals surface area contributed by atoms with Crippen molar-refractivity contribution in [3.63, 3.8) is 0 Å². The molecule has 0 aliphatic heterocycles. The predicted molar refractivity (Wildman–Crippen MR) is 79.9 cm³/mol. The molecule has 0 unspecified atom stereocenters. The molecule has 0 bridgehead atoms. The van der Waals surface area contributed by atoms with Crippen LogP contribution in [0.3, 0.4) is 0 Å². The van der Waals surface area contributed by atoms with E-state index in [2.05, 4.69) is 17.2 Å². The third kappa shape index (κ3) is 3.18. The van der Waals surface area contributed by atoms with E-state index in [1.807, 2.05) is 19.1 Å². The molecule has 1 aromatic rings. The highest BCUT2D eigenvalue weighted by Gasteiger charge is 2.40. The van der Waals surface area contributed by atoms with Crippen LogP contribution in [0.15, 0.2) is 24.5 Å². The van der Waals surface area contributed by atoms with Crippen molar-refractivity contribution in [1.82, 2.24) is 10.3 Å². The lowest BCUT2D eigenvalue weighted by atomic mass is 9.70. The van der Waals surface area contributed by atoms with Crippen LogP contribution in [0.1, 0.15) is 51.1 Å². The van der Waals surface area contributed by atoms with Crippen molar-refractivity contribution in [3.8, 4) is 0 Å². The fraction of sp³-hybridized carbons (Fsp3) is 0.625. The molecule has 1 atom stereocenters. The lowest BCUT2D eigenvalue weighted by molar-refractivity contribution is -0.133. The number of carbonyl (C=O) groups excluding carboxylic acids is 1. The monoisotopic (exact) mass is 275 g/mol. The summed E-state index contributed by atoms with van der Waals surface area (Å²) in [5.41, 5.74) is 6.63. The van der Waals surface area contributed by atoms with E-state index in [4.69, 9.17) is 5.73 Å². The first-order valence-electron chi connectivity index (χ1n) is 7.48. The average molecular weight is 275 g/mol. The minimum Gasteiger partial charge on any atom is -0.349 e. The van der Waals surface area contributed by atoms with Gasteiger partial charge < -0.3 is 11.1 Å². The van der Waals surface area contributed by atoms with Crippen LogP contribution in [-0.4, -0.2) is 17.4 Å². The number of pyridine rings is 1. The number of amides is 1. The first kappa shape index (κ1) is 15.0. The average Bonchev–Trinajstić information content (AvgIpc) is 2.49. The van der Waals surface area contributed by atoms with Gasteiger partial charge in [-0.05, 0) is 56.2 Å². The van der Waals surface area contributed by atoms with Gasteiger partial charge in [-0.1, -0.05) is 6.92 Å². The Bertz CT molecular complexity index is 438. The summed E-state index contributed by atoms with van der Waals surface area (Å²) < 4.78 is 0. The Morgan fingerprint density at radius 1 is 1.45 bits per heavy atom.